The van der Waals surface area contributed by atoms with Crippen molar-refractivity contribution in [2.45, 2.75) is 39.7 Å². The Morgan fingerprint density at radius 1 is 1.25 bits per heavy atom. The summed E-state index contributed by atoms with van der Waals surface area (Å²) >= 11 is 0. The third-order valence-electron chi connectivity index (χ3n) is 3.97. The Bertz CT molecular complexity index is 609. The highest BCUT2D eigenvalue weighted by molar-refractivity contribution is 5.85. The van der Waals surface area contributed by atoms with Crippen molar-refractivity contribution in [3.8, 4) is 0 Å². The molecule has 0 unspecified atom stereocenters. The normalized spacial score (nSPS) is 10.3. The SMILES string of the molecule is Cc1noc(C)c1CCC(=O)N(CCCN)Cc1ccccc1.Cl. The van der Waals surface area contributed by atoms with E-state index < -0.39 is 0 Å². The third kappa shape index (κ3) is 5.65. The van der Waals surface area contributed by atoms with Crippen molar-refractivity contribution in [1.82, 2.24) is 10.1 Å². The van der Waals surface area contributed by atoms with Crippen LogP contribution < -0.4 is 5.73 Å². The first-order valence-electron chi connectivity index (χ1n) is 8.05. The number of rotatable bonds is 8. The van der Waals surface area contributed by atoms with Crippen molar-refractivity contribution < 1.29 is 9.32 Å². The van der Waals surface area contributed by atoms with Crippen LogP contribution in [-0.2, 0) is 17.8 Å². The number of carbonyl (C=O) groups excluding carboxylic acids is 1. The molecule has 0 saturated heterocycles. The summed E-state index contributed by atoms with van der Waals surface area (Å²) in [6.45, 7) is 5.69. The maximum absolute atomic E-state index is 12.6. The Kier molecular flexibility index (Phi) is 8.50. The lowest BCUT2D eigenvalue weighted by molar-refractivity contribution is -0.131. The van der Waals surface area contributed by atoms with Gasteiger partial charge in [-0.2, -0.15) is 0 Å². The van der Waals surface area contributed by atoms with E-state index in [-0.39, 0.29) is 18.3 Å². The topological polar surface area (TPSA) is 72.4 Å². The van der Waals surface area contributed by atoms with Gasteiger partial charge in [-0.15, -0.1) is 12.4 Å². The molecule has 0 fully saturated rings. The quantitative estimate of drug-likeness (QED) is 0.793. The molecule has 2 rings (SSSR count). The number of hydrogen-bond donors (Lipinski definition) is 1. The predicted molar refractivity (Wildman–Crippen MR) is 97.1 cm³/mol. The third-order valence-corrected chi connectivity index (χ3v) is 3.97. The van der Waals surface area contributed by atoms with E-state index in [4.69, 9.17) is 10.3 Å². The van der Waals surface area contributed by atoms with Gasteiger partial charge in [0.1, 0.15) is 5.76 Å². The Balaban J connectivity index is 0.00000288. The largest absolute Gasteiger partial charge is 0.361 e. The van der Waals surface area contributed by atoms with E-state index in [9.17, 15) is 4.79 Å². The van der Waals surface area contributed by atoms with Crippen molar-refractivity contribution in [2.24, 2.45) is 5.73 Å². The van der Waals surface area contributed by atoms with E-state index in [0.717, 1.165) is 29.0 Å². The lowest BCUT2D eigenvalue weighted by Gasteiger charge is -2.23. The average molecular weight is 352 g/mol. The summed E-state index contributed by atoms with van der Waals surface area (Å²) in [6.07, 6.45) is 1.93. The molecule has 0 radical (unpaired) electrons. The maximum Gasteiger partial charge on any atom is 0.223 e. The van der Waals surface area contributed by atoms with E-state index in [2.05, 4.69) is 5.16 Å². The van der Waals surface area contributed by atoms with Crippen LogP contribution in [0.4, 0.5) is 0 Å². The van der Waals surface area contributed by atoms with Gasteiger partial charge in [0, 0.05) is 25.1 Å². The number of aromatic nitrogens is 1. The van der Waals surface area contributed by atoms with E-state index in [1.165, 1.54) is 0 Å². The molecule has 5 nitrogen and oxygen atoms in total. The van der Waals surface area contributed by atoms with Crippen molar-refractivity contribution in [3.63, 3.8) is 0 Å². The molecule has 0 aliphatic heterocycles. The fraction of sp³-hybridized carbons (Fsp3) is 0.444. The molecule has 0 aliphatic carbocycles. The van der Waals surface area contributed by atoms with Crippen LogP contribution in [0, 0.1) is 13.8 Å². The number of halogens is 1. The van der Waals surface area contributed by atoms with Gasteiger partial charge in [-0.1, -0.05) is 35.5 Å². The molecule has 0 aliphatic rings. The van der Waals surface area contributed by atoms with Crippen LogP contribution in [-0.4, -0.2) is 29.1 Å². The maximum atomic E-state index is 12.6. The minimum Gasteiger partial charge on any atom is -0.361 e. The molecule has 0 atom stereocenters. The molecule has 6 heteroatoms. The number of amides is 1. The monoisotopic (exact) mass is 351 g/mol. The van der Waals surface area contributed by atoms with Crippen molar-refractivity contribution in [3.05, 3.63) is 52.9 Å². The summed E-state index contributed by atoms with van der Waals surface area (Å²) < 4.78 is 5.16. The summed E-state index contributed by atoms with van der Waals surface area (Å²) in [4.78, 5) is 14.5. The summed E-state index contributed by atoms with van der Waals surface area (Å²) in [5.41, 5.74) is 8.64. The minimum absolute atomic E-state index is 0. The van der Waals surface area contributed by atoms with Crippen LogP contribution in [0.25, 0.3) is 0 Å². The molecular formula is C18H26ClN3O2. The molecule has 2 aromatic rings. The molecule has 1 heterocycles. The summed E-state index contributed by atoms with van der Waals surface area (Å²) in [7, 11) is 0. The minimum atomic E-state index is 0. The molecule has 132 valence electrons. The van der Waals surface area contributed by atoms with Crippen LogP contribution in [0.3, 0.4) is 0 Å². The summed E-state index contributed by atoms with van der Waals surface area (Å²) in [5.74, 6) is 0.939. The molecule has 1 amide bonds. The Morgan fingerprint density at radius 3 is 2.54 bits per heavy atom. The first-order valence-corrected chi connectivity index (χ1v) is 8.05. The fourth-order valence-electron chi connectivity index (χ4n) is 2.63. The Morgan fingerprint density at radius 2 is 1.96 bits per heavy atom. The van der Waals surface area contributed by atoms with E-state index in [1.807, 2.05) is 49.1 Å². The van der Waals surface area contributed by atoms with Crippen molar-refractivity contribution in [2.75, 3.05) is 13.1 Å². The zero-order valence-corrected chi connectivity index (χ0v) is 15.1. The second kappa shape index (κ2) is 10.1. The Hall–Kier alpha value is -1.85. The van der Waals surface area contributed by atoms with Crippen LogP contribution in [0.1, 0.15) is 35.4 Å². The summed E-state index contributed by atoms with van der Waals surface area (Å²) in [6, 6.07) is 10.0. The molecule has 0 saturated carbocycles. The van der Waals surface area contributed by atoms with Crippen LogP contribution in [0.2, 0.25) is 0 Å². The molecular weight excluding hydrogens is 326 g/mol. The van der Waals surface area contributed by atoms with E-state index >= 15 is 0 Å². The first-order chi connectivity index (χ1) is 11.1. The van der Waals surface area contributed by atoms with Gasteiger partial charge in [-0.05, 0) is 38.8 Å². The van der Waals surface area contributed by atoms with Gasteiger partial charge < -0.3 is 15.2 Å². The van der Waals surface area contributed by atoms with Gasteiger partial charge in [0.2, 0.25) is 5.91 Å². The van der Waals surface area contributed by atoms with E-state index in [1.54, 1.807) is 0 Å². The van der Waals surface area contributed by atoms with Gasteiger partial charge in [-0.25, -0.2) is 0 Å². The predicted octanol–water partition coefficient (Wildman–Crippen LogP) is 3.02. The van der Waals surface area contributed by atoms with Crippen molar-refractivity contribution in [1.29, 1.82) is 0 Å². The van der Waals surface area contributed by atoms with Gasteiger partial charge in [0.15, 0.2) is 0 Å². The zero-order chi connectivity index (χ0) is 16.7. The average Bonchev–Trinajstić information content (AvgIpc) is 2.88. The molecule has 0 spiro atoms. The van der Waals surface area contributed by atoms with E-state index in [0.29, 0.717) is 32.5 Å². The zero-order valence-electron chi connectivity index (χ0n) is 14.3. The number of benzene rings is 1. The lowest BCUT2D eigenvalue weighted by atomic mass is 10.1. The highest BCUT2D eigenvalue weighted by Crippen LogP contribution is 2.16. The highest BCUT2D eigenvalue weighted by atomic mass is 35.5. The first kappa shape index (κ1) is 20.2. The molecule has 1 aromatic heterocycles. The Labute approximate surface area is 149 Å². The number of nitrogens with two attached hydrogens (primary N) is 1. The van der Waals surface area contributed by atoms with Crippen LogP contribution >= 0.6 is 12.4 Å². The van der Waals surface area contributed by atoms with Gasteiger partial charge in [-0.3, -0.25) is 4.79 Å². The summed E-state index contributed by atoms with van der Waals surface area (Å²) in [5, 5.41) is 3.94. The van der Waals surface area contributed by atoms with Gasteiger partial charge in [0.25, 0.3) is 0 Å². The fourth-order valence-corrected chi connectivity index (χ4v) is 2.63. The molecule has 0 bridgehead atoms. The number of carbonyl (C=O) groups is 1. The van der Waals surface area contributed by atoms with Crippen LogP contribution in [0.15, 0.2) is 34.9 Å². The number of nitrogens with zero attached hydrogens (tertiary/aromatic N) is 2. The molecule has 2 N–H and O–H groups in total. The number of hydrogen-bond acceptors (Lipinski definition) is 4. The number of aryl methyl sites for hydroxylation is 2. The second-order valence-electron chi connectivity index (χ2n) is 5.75. The molecule has 24 heavy (non-hydrogen) atoms. The van der Waals surface area contributed by atoms with Crippen LogP contribution in [0.5, 0.6) is 0 Å². The van der Waals surface area contributed by atoms with Gasteiger partial charge in [0.05, 0.1) is 5.69 Å². The molecule has 1 aromatic carbocycles. The standard InChI is InChI=1S/C18H25N3O2.ClH/c1-14-17(15(2)23-20-14)9-10-18(22)21(12-6-11-19)13-16-7-4-3-5-8-16;/h3-5,7-8H,6,9-13,19H2,1-2H3;1H. The second-order valence-corrected chi connectivity index (χ2v) is 5.75. The van der Waals surface area contributed by atoms with Crippen molar-refractivity contribution >= 4 is 18.3 Å². The van der Waals surface area contributed by atoms with Gasteiger partial charge >= 0.3 is 0 Å². The lowest BCUT2D eigenvalue weighted by Crippen LogP contribution is -2.32. The smallest absolute Gasteiger partial charge is 0.223 e. The highest BCUT2D eigenvalue weighted by Gasteiger charge is 2.16.